The molecule has 3 rings (SSSR count). The number of anilines is 1. The summed E-state index contributed by atoms with van der Waals surface area (Å²) in [6.07, 6.45) is 2.06. The van der Waals surface area contributed by atoms with Gasteiger partial charge < -0.3 is 15.1 Å². The van der Waals surface area contributed by atoms with Gasteiger partial charge in [0.1, 0.15) is 5.82 Å². The Morgan fingerprint density at radius 2 is 1.83 bits per heavy atom. The Kier molecular flexibility index (Phi) is 8.09. The van der Waals surface area contributed by atoms with Crippen molar-refractivity contribution in [1.82, 2.24) is 10.2 Å². The number of nitrogens with one attached hydrogen (secondary N) is 1. The molecule has 1 amide bonds. The van der Waals surface area contributed by atoms with Gasteiger partial charge >= 0.3 is 0 Å². The number of para-hydroxylation sites is 1. The number of benzene rings is 1. The molecule has 0 aliphatic carbocycles. The van der Waals surface area contributed by atoms with Crippen molar-refractivity contribution in [3.63, 3.8) is 0 Å². The predicted octanol–water partition coefficient (Wildman–Crippen LogP) is 2.32. The molecule has 1 aromatic rings. The van der Waals surface area contributed by atoms with E-state index >= 15 is 0 Å². The van der Waals surface area contributed by atoms with Crippen LogP contribution >= 0.6 is 24.8 Å². The van der Waals surface area contributed by atoms with Gasteiger partial charge in [0.15, 0.2) is 0 Å². The van der Waals surface area contributed by atoms with Crippen molar-refractivity contribution >= 4 is 36.4 Å². The predicted molar refractivity (Wildman–Crippen MR) is 95.3 cm³/mol. The highest BCUT2D eigenvalue weighted by Crippen LogP contribution is 2.21. The number of carbonyl (C=O) groups excluding carboxylic acids is 1. The van der Waals surface area contributed by atoms with Gasteiger partial charge in [-0.05, 0) is 31.5 Å². The minimum Gasteiger partial charge on any atom is -0.366 e. The Hall–Kier alpha value is -1.04. The molecule has 2 aliphatic rings. The molecule has 1 atom stereocenters. The summed E-state index contributed by atoms with van der Waals surface area (Å²) in [5, 5.41) is 3.29. The van der Waals surface area contributed by atoms with Crippen LogP contribution in [-0.4, -0.2) is 50.1 Å². The van der Waals surface area contributed by atoms with Crippen LogP contribution in [-0.2, 0) is 4.79 Å². The van der Waals surface area contributed by atoms with E-state index in [-0.39, 0.29) is 42.5 Å². The van der Waals surface area contributed by atoms with Crippen molar-refractivity contribution in [3.8, 4) is 0 Å². The standard InChI is InChI=1S/C16H22FN3O.2ClH/c17-14-5-1-2-6-15(14)19-8-10-20(11-9-19)16(21)13-4-3-7-18-12-13;;/h1-2,5-6,13,18H,3-4,7-12H2;2*1H/t13-;;/m1../s1. The number of rotatable bonds is 2. The zero-order valence-corrected chi connectivity index (χ0v) is 14.7. The number of piperidine rings is 1. The highest BCUT2D eigenvalue weighted by Gasteiger charge is 2.28. The first-order chi connectivity index (χ1) is 10.3. The van der Waals surface area contributed by atoms with Crippen LogP contribution in [0.4, 0.5) is 10.1 Å². The van der Waals surface area contributed by atoms with E-state index < -0.39 is 0 Å². The zero-order valence-electron chi connectivity index (χ0n) is 13.0. The fourth-order valence-corrected chi connectivity index (χ4v) is 3.20. The van der Waals surface area contributed by atoms with E-state index in [1.807, 2.05) is 15.9 Å². The Labute approximate surface area is 149 Å². The highest BCUT2D eigenvalue weighted by atomic mass is 35.5. The molecule has 0 bridgehead atoms. The second-order valence-electron chi connectivity index (χ2n) is 5.81. The summed E-state index contributed by atoms with van der Waals surface area (Å²) in [6, 6.07) is 6.84. The lowest BCUT2D eigenvalue weighted by Crippen LogP contribution is -2.52. The third kappa shape index (κ3) is 4.72. The van der Waals surface area contributed by atoms with Gasteiger partial charge in [0.2, 0.25) is 5.91 Å². The van der Waals surface area contributed by atoms with E-state index in [9.17, 15) is 9.18 Å². The lowest BCUT2D eigenvalue weighted by atomic mass is 9.98. The van der Waals surface area contributed by atoms with Crippen LogP contribution in [0.3, 0.4) is 0 Å². The van der Waals surface area contributed by atoms with E-state index in [0.717, 1.165) is 25.9 Å². The van der Waals surface area contributed by atoms with Crippen LogP contribution in [0.25, 0.3) is 0 Å². The van der Waals surface area contributed by atoms with Gasteiger partial charge in [-0.15, -0.1) is 24.8 Å². The lowest BCUT2D eigenvalue weighted by Gasteiger charge is -2.38. The number of carbonyl (C=O) groups is 1. The van der Waals surface area contributed by atoms with Crippen molar-refractivity contribution in [1.29, 1.82) is 0 Å². The van der Waals surface area contributed by atoms with Gasteiger partial charge in [0.05, 0.1) is 11.6 Å². The summed E-state index contributed by atoms with van der Waals surface area (Å²) < 4.78 is 13.8. The van der Waals surface area contributed by atoms with Crippen molar-refractivity contribution in [3.05, 3.63) is 30.1 Å². The maximum atomic E-state index is 13.8. The summed E-state index contributed by atoms with van der Waals surface area (Å²) in [5.74, 6) is 0.197. The monoisotopic (exact) mass is 363 g/mol. The molecule has 0 unspecified atom stereocenters. The van der Waals surface area contributed by atoms with Gasteiger partial charge in [-0.1, -0.05) is 12.1 Å². The number of amides is 1. The quantitative estimate of drug-likeness (QED) is 0.875. The first kappa shape index (κ1) is 20.0. The lowest BCUT2D eigenvalue weighted by molar-refractivity contribution is -0.136. The number of halogens is 3. The second-order valence-corrected chi connectivity index (χ2v) is 5.81. The van der Waals surface area contributed by atoms with E-state index in [1.165, 1.54) is 6.07 Å². The minimum absolute atomic E-state index is 0. The normalized spacial score (nSPS) is 21.2. The molecule has 0 spiro atoms. The van der Waals surface area contributed by atoms with Gasteiger partial charge in [0, 0.05) is 32.7 Å². The maximum absolute atomic E-state index is 13.8. The summed E-state index contributed by atoms with van der Waals surface area (Å²) in [5.41, 5.74) is 0.643. The molecule has 1 aromatic carbocycles. The van der Waals surface area contributed by atoms with Crippen molar-refractivity contribution in [2.75, 3.05) is 44.2 Å². The Bertz CT molecular complexity index is 504. The van der Waals surface area contributed by atoms with Crippen LogP contribution < -0.4 is 10.2 Å². The third-order valence-corrected chi connectivity index (χ3v) is 4.43. The largest absolute Gasteiger partial charge is 0.366 e. The van der Waals surface area contributed by atoms with Gasteiger partial charge in [-0.25, -0.2) is 4.39 Å². The van der Waals surface area contributed by atoms with E-state index in [4.69, 9.17) is 0 Å². The molecular weight excluding hydrogens is 340 g/mol. The molecule has 0 aromatic heterocycles. The molecule has 0 saturated carbocycles. The molecule has 2 saturated heterocycles. The fourth-order valence-electron chi connectivity index (χ4n) is 3.20. The maximum Gasteiger partial charge on any atom is 0.227 e. The van der Waals surface area contributed by atoms with Crippen LogP contribution in [0, 0.1) is 11.7 Å². The topological polar surface area (TPSA) is 35.6 Å². The average molecular weight is 364 g/mol. The third-order valence-electron chi connectivity index (χ3n) is 4.43. The first-order valence-corrected chi connectivity index (χ1v) is 7.74. The molecule has 23 heavy (non-hydrogen) atoms. The Morgan fingerprint density at radius 3 is 2.43 bits per heavy atom. The summed E-state index contributed by atoms with van der Waals surface area (Å²) in [7, 11) is 0. The molecule has 2 aliphatic heterocycles. The van der Waals surface area contributed by atoms with E-state index in [0.29, 0.717) is 31.9 Å². The molecule has 2 fully saturated rings. The van der Waals surface area contributed by atoms with Crippen LogP contribution in [0.5, 0.6) is 0 Å². The second kappa shape index (κ2) is 9.30. The molecule has 0 radical (unpaired) electrons. The van der Waals surface area contributed by atoms with Gasteiger partial charge in [-0.2, -0.15) is 0 Å². The van der Waals surface area contributed by atoms with Crippen LogP contribution in [0.15, 0.2) is 24.3 Å². The summed E-state index contributed by atoms with van der Waals surface area (Å²) in [4.78, 5) is 16.4. The van der Waals surface area contributed by atoms with E-state index in [2.05, 4.69) is 5.32 Å². The fraction of sp³-hybridized carbons (Fsp3) is 0.562. The smallest absolute Gasteiger partial charge is 0.227 e. The Morgan fingerprint density at radius 1 is 1.13 bits per heavy atom. The van der Waals surface area contributed by atoms with Crippen molar-refractivity contribution < 1.29 is 9.18 Å². The molecule has 2 heterocycles. The number of hydrogen-bond donors (Lipinski definition) is 1. The van der Waals surface area contributed by atoms with Gasteiger partial charge in [-0.3, -0.25) is 4.79 Å². The summed E-state index contributed by atoms with van der Waals surface area (Å²) in [6.45, 7) is 4.59. The molecule has 7 heteroatoms. The summed E-state index contributed by atoms with van der Waals surface area (Å²) >= 11 is 0. The minimum atomic E-state index is -0.186. The molecule has 4 nitrogen and oxygen atoms in total. The number of hydrogen-bond acceptors (Lipinski definition) is 3. The van der Waals surface area contributed by atoms with Crippen LogP contribution in [0.2, 0.25) is 0 Å². The Balaban J connectivity index is 0.00000132. The molecule has 1 N–H and O–H groups in total. The number of piperazine rings is 1. The number of nitrogens with zero attached hydrogens (tertiary/aromatic N) is 2. The van der Waals surface area contributed by atoms with E-state index in [1.54, 1.807) is 12.1 Å². The van der Waals surface area contributed by atoms with Crippen molar-refractivity contribution in [2.45, 2.75) is 12.8 Å². The molecular formula is C16H24Cl2FN3O. The first-order valence-electron chi connectivity index (χ1n) is 7.74. The van der Waals surface area contributed by atoms with Crippen LogP contribution in [0.1, 0.15) is 12.8 Å². The molecule has 130 valence electrons. The highest BCUT2D eigenvalue weighted by molar-refractivity contribution is 5.85. The van der Waals surface area contributed by atoms with Crippen molar-refractivity contribution in [2.24, 2.45) is 5.92 Å². The SMILES string of the molecule is Cl.Cl.O=C([C@@H]1CCCNC1)N1CCN(c2ccccc2F)CC1. The van der Waals surface area contributed by atoms with Gasteiger partial charge in [0.25, 0.3) is 0 Å². The zero-order chi connectivity index (χ0) is 14.7. The average Bonchev–Trinajstić information content (AvgIpc) is 2.56.